The molecule has 106 valence electrons. The van der Waals surface area contributed by atoms with Crippen LogP contribution < -0.4 is 0 Å². The van der Waals surface area contributed by atoms with Crippen LogP contribution in [0.15, 0.2) is 18.5 Å². The number of pyridine rings is 1. The van der Waals surface area contributed by atoms with E-state index in [2.05, 4.69) is 11.9 Å². The van der Waals surface area contributed by atoms with Gasteiger partial charge in [0.2, 0.25) is 0 Å². The maximum atomic E-state index is 13.2. The molecule has 5 rings (SSSR count). The molecule has 0 aliphatic heterocycles. The molecule has 2 atom stereocenters. The minimum atomic E-state index is -0.0612. The van der Waals surface area contributed by atoms with Crippen LogP contribution in [0.2, 0.25) is 0 Å². The lowest BCUT2D eigenvalue weighted by molar-refractivity contribution is -0.0820. The van der Waals surface area contributed by atoms with Crippen molar-refractivity contribution in [1.82, 2.24) is 4.98 Å². The molecule has 4 saturated carbocycles. The monoisotopic (exact) mass is 269 g/mol. The molecule has 4 fully saturated rings. The smallest absolute Gasteiger partial charge is 0.170 e. The molecular weight excluding hydrogens is 246 g/mol. The summed E-state index contributed by atoms with van der Waals surface area (Å²) in [6.45, 7) is 4.44. The Morgan fingerprint density at radius 2 is 1.90 bits per heavy atom. The summed E-state index contributed by atoms with van der Waals surface area (Å²) >= 11 is 0. The van der Waals surface area contributed by atoms with E-state index in [4.69, 9.17) is 0 Å². The zero-order valence-corrected chi connectivity index (χ0v) is 12.5. The lowest BCUT2D eigenvalue weighted by Crippen LogP contribution is -2.54. The van der Waals surface area contributed by atoms with Crippen LogP contribution in [0.25, 0.3) is 0 Å². The maximum Gasteiger partial charge on any atom is 0.170 e. The summed E-state index contributed by atoms with van der Waals surface area (Å²) in [5, 5.41) is 0. The van der Waals surface area contributed by atoms with E-state index in [9.17, 15) is 4.79 Å². The molecule has 0 N–H and O–H groups in total. The van der Waals surface area contributed by atoms with Gasteiger partial charge >= 0.3 is 0 Å². The first-order valence-corrected chi connectivity index (χ1v) is 7.95. The lowest BCUT2D eigenvalue weighted by atomic mass is 9.43. The number of nitrogens with zero attached hydrogens (tertiary/aromatic N) is 1. The highest BCUT2D eigenvalue weighted by molar-refractivity contribution is 6.00. The van der Waals surface area contributed by atoms with Crippen LogP contribution in [0.5, 0.6) is 0 Å². The van der Waals surface area contributed by atoms with Gasteiger partial charge in [0, 0.05) is 23.4 Å². The van der Waals surface area contributed by atoms with Crippen LogP contribution in [-0.2, 0) is 0 Å². The average molecular weight is 269 g/mol. The molecule has 20 heavy (non-hydrogen) atoms. The third kappa shape index (κ3) is 1.77. The molecule has 0 radical (unpaired) electrons. The highest BCUT2D eigenvalue weighted by atomic mass is 16.1. The Morgan fingerprint density at radius 1 is 1.20 bits per heavy atom. The number of aromatic nitrogens is 1. The normalized spacial score (nSPS) is 41.9. The standard InChI is InChI=1S/C18H23NO/c1-12-3-15(10-19-9-12)16(20)18-7-13-4-14(8-18)6-17(2,5-13)11-18/h3,9-10,13-14H,4-8,11H2,1-2H3. The highest BCUT2D eigenvalue weighted by Gasteiger charge is 2.58. The van der Waals surface area contributed by atoms with Gasteiger partial charge in [0.15, 0.2) is 5.78 Å². The van der Waals surface area contributed by atoms with Crippen LogP contribution in [0.3, 0.4) is 0 Å². The SMILES string of the molecule is Cc1cncc(C(=O)C23CC4CC(CC(C)(C4)C2)C3)c1. The molecular formula is C18H23NO. The first-order valence-electron chi connectivity index (χ1n) is 7.95. The minimum Gasteiger partial charge on any atom is -0.293 e. The fourth-order valence-corrected chi connectivity index (χ4v) is 5.97. The predicted molar refractivity (Wildman–Crippen MR) is 78.5 cm³/mol. The second kappa shape index (κ2) is 3.93. The zero-order chi connectivity index (χ0) is 14.0. The second-order valence-corrected chi connectivity index (χ2v) is 8.13. The summed E-state index contributed by atoms with van der Waals surface area (Å²) in [4.78, 5) is 17.4. The van der Waals surface area contributed by atoms with E-state index in [-0.39, 0.29) is 5.41 Å². The molecule has 1 aromatic rings. The van der Waals surface area contributed by atoms with E-state index in [0.29, 0.717) is 11.2 Å². The van der Waals surface area contributed by atoms with Crippen molar-refractivity contribution in [1.29, 1.82) is 0 Å². The molecule has 0 amide bonds. The zero-order valence-electron chi connectivity index (χ0n) is 12.5. The van der Waals surface area contributed by atoms with Gasteiger partial charge < -0.3 is 0 Å². The molecule has 1 heterocycles. The summed E-state index contributed by atoms with van der Waals surface area (Å²) in [5.74, 6) is 1.97. The summed E-state index contributed by atoms with van der Waals surface area (Å²) in [6, 6.07) is 2.02. The first-order chi connectivity index (χ1) is 9.48. The molecule has 4 aliphatic carbocycles. The van der Waals surface area contributed by atoms with Crippen molar-refractivity contribution in [3.8, 4) is 0 Å². The van der Waals surface area contributed by atoms with E-state index < -0.39 is 0 Å². The number of carbonyl (C=O) groups excluding carboxylic acids is 1. The van der Waals surface area contributed by atoms with Crippen LogP contribution in [0.4, 0.5) is 0 Å². The molecule has 0 saturated heterocycles. The Kier molecular flexibility index (Phi) is 2.47. The van der Waals surface area contributed by atoms with Gasteiger partial charge in [-0.15, -0.1) is 0 Å². The quantitative estimate of drug-likeness (QED) is 0.754. The third-order valence-electron chi connectivity index (χ3n) is 5.97. The molecule has 0 aromatic carbocycles. The largest absolute Gasteiger partial charge is 0.293 e. The fraction of sp³-hybridized carbons (Fsp3) is 0.667. The van der Waals surface area contributed by atoms with Gasteiger partial charge in [-0.05, 0) is 74.3 Å². The average Bonchev–Trinajstić information content (AvgIpc) is 2.35. The van der Waals surface area contributed by atoms with Crippen molar-refractivity contribution >= 4 is 5.78 Å². The van der Waals surface area contributed by atoms with Gasteiger partial charge in [0.05, 0.1) is 0 Å². The van der Waals surface area contributed by atoms with Crippen molar-refractivity contribution in [2.45, 2.75) is 52.4 Å². The minimum absolute atomic E-state index is 0.0612. The van der Waals surface area contributed by atoms with Gasteiger partial charge in [-0.3, -0.25) is 9.78 Å². The van der Waals surface area contributed by atoms with E-state index >= 15 is 0 Å². The topological polar surface area (TPSA) is 30.0 Å². The molecule has 4 aliphatic rings. The van der Waals surface area contributed by atoms with Gasteiger partial charge in [0.1, 0.15) is 0 Å². The molecule has 1 aromatic heterocycles. The number of rotatable bonds is 2. The van der Waals surface area contributed by atoms with Gasteiger partial charge in [-0.2, -0.15) is 0 Å². The van der Waals surface area contributed by atoms with Crippen LogP contribution in [-0.4, -0.2) is 10.8 Å². The third-order valence-corrected chi connectivity index (χ3v) is 5.97. The molecule has 0 spiro atoms. The van der Waals surface area contributed by atoms with Crippen molar-refractivity contribution in [2.24, 2.45) is 22.7 Å². The first kappa shape index (κ1) is 12.6. The number of ketones is 1. The van der Waals surface area contributed by atoms with Crippen LogP contribution in [0, 0.1) is 29.6 Å². The van der Waals surface area contributed by atoms with Crippen molar-refractivity contribution in [3.63, 3.8) is 0 Å². The Bertz CT molecular complexity index is 563. The van der Waals surface area contributed by atoms with E-state index in [1.807, 2.05) is 19.2 Å². The van der Waals surface area contributed by atoms with E-state index in [1.54, 1.807) is 6.20 Å². The fourth-order valence-electron chi connectivity index (χ4n) is 5.97. The lowest BCUT2D eigenvalue weighted by Gasteiger charge is -2.60. The summed E-state index contributed by atoms with van der Waals surface area (Å²) < 4.78 is 0. The number of aryl methyl sites for hydroxylation is 1. The number of hydrogen-bond donors (Lipinski definition) is 0. The van der Waals surface area contributed by atoms with Crippen molar-refractivity contribution in [2.75, 3.05) is 0 Å². The molecule has 2 heteroatoms. The van der Waals surface area contributed by atoms with Crippen LogP contribution >= 0.6 is 0 Å². The van der Waals surface area contributed by atoms with Crippen LogP contribution in [0.1, 0.15) is 61.4 Å². The number of carbonyl (C=O) groups is 1. The van der Waals surface area contributed by atoms with E-state index in [0.717, 1.165) is 42.2 Å². The maximum absolute atomic E-state index is 13.2. The number of hydrogen-bond acceptors (Lipinski definition) is 2. The summed E-state index contributed by atoms with van der Waals surface area (Å²) in [7, 11) is 0. The Morgan fingerprint density at radius 3 is 2.50 bits per heavy atom. The van der Waals surface area contributed by atoms with Crippen molar-refractivity contribution in [3.05, 3.63) is 29.6 Å². The van der Waals surface area contributed by atoms with E-state index in [1.165, 1.54) is 19.3 Å². The Balaban J connectivity index is 1.72. The Hall–Kier alpha value is -1.18. The molecule has 4 bridgehead atoms. The Labute approximate surface area is 121 Å². The predicted octanol–water partition coefficient (Wildman–Crippen LogP) is 4.18. The van der Waals surface area contributed by atoms with Gasteiger partial charge in [-0.25, -0.2) is 0 Å². The molecule has 2 nitrogen and oxygen atoms in total. The van der Waals surface area contributed by atoms with Gasteiger partial charge in [0.25, 0.3) is 0 Å². The summed E-state index contributed by atoms with van der Waals surface area (Å²) in [5.41, 5.74) is 2.30. The second-order valence-electron chi connectivity index (χ2n) is 8.13. The van der Waals surface area contributed by atoms with Crippen molar-refractivity contribution < 1.29 is 4.79 Å². The molecule has 2 unspecified atom stereocenters. The summed E-state index contributed by atoms with van der Waals surface area (Å²) in [6.07, 6.45) is 11.1. The van der Waals surface area contributed by atoms with Gasteiger partial charge in [-0.1, -0.05) is 6.92 Å². The highest BCUT2D eigenvalue weighted by Crippen LogP contribution is 2.65. The number of Topliss-reactive ketones (excluding diaryl/α,β-unsaturated/α-hetero) is 1.